The van der Waals surface area contributed by atoms with Crippen molar-refractivity contribution in [3.05, 3.63) is 59.4 Å². The number of rotatable bonds is 4. The molecule has 0 saturated carbocycles. The second-order valence-electron chi connectivity index (χ2n) is 4.24. The molecule has 1 unspecified atom stereocenters. The van der Waals surface area contributed by atoms with Crippen LogP contribution in [0.25, 0.3) is 0 Å². The number of methoxy groups -OCH3 is 1. The second kappa shape index (κ2) is 5.87. The Morgan fingerprint density at radius 2 is 2.00 bits per heavy atom. The van der Waals surface area contributed by atoms with E-state index in [0.717, 1.165) is 22.6 Å². The van der Waals surface area contributed by atoms with E-state index < -0.39 is 0 Å². The number of nitrogens with zero attached hydrogens (tertiary/aromatic N) is 1. The summed E-state index contributed by atoms with van der Waals surface area (Å²) in [5, 5.41) is -0.128. The molecule has 18 heavy (non-hydrogen) atoms. The molecule has 2 nitrogen and oxygen atoms in total. The lowest BCUT2D eigenvalue weighted by Gasteiger charge is -2.13. The van der Waals surface area contributed by atoms with E-state index in [-0.39, 0.29) is 5.38 Å². The molecular formula is C15H16ClNO. The molecule has 1 aromatic carbocycles. The molecule has 0 aliphatic heterocycles. The van der Waals surface area contributed by atoms with Gasteiger partial charge in [0.05, 0.1) is 12.5 Å². The molecule has 0 spiro atoms. The summed E-state index contributed by atoms with van der Waals surface area (Å²) >= 11 is 6.44. The number of hydrogen-bond donors (Lipinski definition) is 0. The van der Waals surface area contributed by atoms with Gasteiger partial charge in [0.1, 0.15) is 5.75 Å². The zero-order valence-corrected chi connectivity index (χ0v) is 11.3. The molecule has 0 radical (unpaired) electrons. The highest BCUT2D eigenvalue weighted by molar-refractivity contribution is 6.21. The molecule has 1 heterocycles. The Morgan fingerprint density at radius 3 is 2.67 bits per heavy atom. The lowest BCUT2D eigenvalue weighted by atomic mass is 10.1. The predicted octanol–water partition coefficient (Wildman–Crippen LogP) is 3.92. The fraction of sp³-hybridized carbons (Fsp3) is 0.267. The van der Waals surface area contributed by atoms with Crippen molar-refractivity contribution in [2.75, 3.05) is 7.11 Å². The number of ether oxygens (including phenoxy) is 1. The monoisotopic (exact) mass is 261 g/mol. The summed E-state index contributed by atoms with van der Waals surface area (Å²) in [5.74, 6) is 0.824. The molecule has 3 heteroatoms. The van der Waals surface area contributed by atoms with Gasteiger partial charge in [0.25, 0.3) is 0 Å². The molecule has 94 valence electrons. The van der Waals surface area contributed by atoms with E-state index in [0.29, 0.717) is 6.42 Å². The average molecular weight is 262 g/mol. The fourth-order valence-electron chi connectivity index (χ4n) is 1.84. The summed E-state index contributed by atoms with van der Waals surface area (Å²) in [6.07, 6.45) is 2.56. The van der Waals surface area contributed by atoms with Gasteiger partial charge in [-0.25, -0.2) is 0 Å². The quantitative estimate of drug-likeness (QED) is 0.779. The van der Waals surface area contributed by atoms with Crippen LogP contribution < -0.4 is 4.74 Å². The maximum atomic E-state index is 6.44. The van der Waals surface area contributed by atoms with Crippen LogP contribution in [0.5, 0.6) is 5.75 Å². The maximum absolute atomic E-state index is 6.44. The van der Waals surface area contributed by atoms with Crippen LogP contribution in [-0.2, 0) is 6.42 Å². The molecular weight excluding hydrogens is 246 g/mol. The van der Waals surface area contributed by atoms with Crippen molar-refractivity contribution in [1.29, 1.82) is 0 Å². The zero-order chi connectivity index (χ0) is 13.0. The lowest BCUT2D eigenvalue weighted by Crippen LogP contribution is -2.00. The first kappa shape index (κ1) is 12.9. The molecule has 0 N–H and O–H groups in total. The number of para-hydroxylation sites is 1. The van der Waals surface area contributed by atoms with Gasteiger partial charge in [-0.15, -0.1) is 11.6 Å². The van der Waals surface area contributed by atoms with Crippen molar-refractivity contribution in [3.8, 4) is 5.75 Å². The summed E-state index contributed by atoms with van der Waals surface area (Å²) < 4.78 is 5.32. The van der Waals surface area contributed by atoms with Crippen LogP contribution in [0.15, 0.2) is 42.6 Å². The summed E-state index contributed by atoms with van der Waals surface area (Å²) in [5.41, 5.74) is 3.15. The van der Waals surface area contributed by atoms with E-state index in [2.05, 4.69) is 4.98 Å². The van der Waals surface area contributed by atoms with Gasteiger partial charge in [-0.05, 0) is 24.6 Å². The normalized spacial score (nSPS) is 12.2. The van der Waals surface area contributed by atoms with Gasteiger partial charge in [0.2, 0.25) is 0 Å². The topological polar surface area (TPSA) is 22.1 Å². The lowest BCUT2D eigenvalue weighted by molar-refractivity contribution is 0.409. The van der Waals surface area contributed by atoms with Crippen LogP contribution in [0.4, 0.5) is 0 Å². The third-order valence-corrected chi connectivity index (χ3v) is 3.23. The number of aromatic nitrogens is 1. The largest absolute Gasteiger partial charge is 0.496 e. The van der Waals surface area contributed by atoms with E-state index in [1.807, 2.05) is 49.5 Å². The van der Waals surface area contributed by atoms with Gasteiger partial charge in [-0.3, -0.25) is 4.98 Å². The van der Waals surface area contributed by atoms with Crippen molar-refractivity contribution in [2.45, 2.75) is 18.7 Å². The van der Waals surface area contributed by atoms with E-state index in [9.17, 15) is 0 Å². The van der Waals surface area contributed by atoms with Crippen molar-refractivity contribution in [1.82, 2.24) is 4.98 Å². The molecule has 2 aromatic rings. The first-order chi connectivity index (χ1) is 8.70. The minimum absolute atomic E-state index is 0.128. The Bertz CT molecular complexity index is 510. The number of halogens is 1. The number of aryl methyl sites for hydroxylation is 1. The van der Waals surface area contributed by atoms with Crippen LogP contribution in [0.2, 0.25) is 0 Å². The molecule has 1 atom stereocenters. The smallest absolute Gasteiger partial charge is 0.123 e. The molecule has 0 aliphatic rings. The Balaban J connectivity index is 2.16. The highest BCUT2D eigenvalue weighted by Crippen LogP contribution is 2.31. The van der Waals surface area contributed by atoms with Crippen LogP contribution in [0, 0.1) is 6.92 Å². The molecule has 1 aromatic heterocycles. The first-order valence-corrected chi connectivity index (χ1v) is 6.33. The molecule has 0 saturated heterocycles. The van der Waals surface area contributed by atoms with E-state index >= 15 is 0 Å². The minimum Gasteiger partial charge on any atom is -0.496 e. The number of alkyl halides is 1. The number of pyridine rings is 1. The average Bonchev–Trinajstić information content (AvgIpc) is 2.41. The summed E-state index contributed by atoms with van der Waals surface area (Å²) in [6.45, 7) is 2.02. The summed E-state index contributed by atoms with van der Waals surface area (Å²) in [6, 6.07) is 11.9. The van der Waals surface area contributed by atoms with Crippen LogP contribution in [0.3, 0.4) is 0 Å². The Hall–Kier alpha value is -1.54. The number of benzene rings is 1. The van der Waals surface area contributed by atoms with Gasteiger partial charge < -0.3 is 4.74 Å². The van der Waals surface area contributed by atoms with Crippen LogP contribution in [-0.4, -0.2) is 12.1 Å². The number of hydrogen-bond acceptors (Lipinski definition) is 2. The zero-order valence-electron chi connectivity index (χ0n) is 10.6. The van der Waals surface area contributed by atoms with Crippen molar-refractivity contribution >= 4 is 11.6 Å². The van der Waals surface area contributed by atoms with Crippen molar-refractivity contribution < 1.29 is 4.74 Å². The molecule has 0 fully saturated rings. The van der Waals surface area contributed by atoms with E-state index in [1.54, 1.807) is 7.11 Å². The van der Waals surface area contributed by atoms with Gasteiger partial charge >= 0.3 is 0 Å². The van der Waals surface area contributed by atoms with Crippen LogP contribution in [0.1, 0.15) is 22.2 Å². The van der Waals surface area contributed by atoms with Crippen molar-refractivity contribution in [3.63, 3.8) is 0 Å². The third-order valence-electron chi connectivity index (χ3n) is 2.84. The predicted molar refractivity (Wildman–Crippen MR) is 74.3 cm³/mol. The first-order valence-electron chi connectivity index (χ1n) is 5.89. The van der Waals surface area contributed by atoms with Gasteiger partial charge in [0.15, 0.2) is 0 Å². The summed E-state index contributed by atoms with van der Waals surface area (Å²) in [4.78, 5) is 4.37. The maximum Gasteiger partial charge on any atom is 0.123 e. The highest BCUT2D eigenvalue weighted by Gasteiger charge is 2.14. The van der Waals surface area contributed by atoms with Crippen molar-refractivity contribution in [2.24, 2.45) is 0 Å². The second-order valence-corrected chi connectivity index (χ2v) is 4.77. The molecule has 2 rings (SSSR count). The van der Waals surface area contributed by atoms with E-state index in [4.69, 9.17) is 16.3 Å². The van der Waals surface area contributed by atoms with Crippen LogP contribution >= 0.6 is 11.6 Å². The fourth-order valence-corrected chi connectivity index (χ4v) is 2.18. The minimum atomic E-state index is -0.128. The van der Waals surface area contributed by atoms with E-state index in [1.165, 1.54) is 0 Å². The molecule has 0 amide bonds. The molecule has 0 aliphatic carbocycles. The Morgan fingerprint density at radius 1 is 1.22 bits per heavy atom. The standard InChI is InChI=1S/C15H16ClNO/c1-11-7-8-12(17-10-11)9-14(16)13-5-3-4-6-15(13)18-2/h3-8,10,14H,9H2,1-2H3. The third kappa shape index (κ3) is 3.02. The van der Waals surface area contributed by atoms with Gasteiger partial charge in [0, 0.05) is 23.9 Å². The Labute approximate surface area is 113 Å². The Kier molecular flexibility index (Phi) is 4.21. The highest BCUT2D eigenvalue weighted by atomic mass is 35.5. The van der Waals surface area contributed by atoms with Gasteiger partial charge in [-0.1, -0.05) is 24.3 Å². The SMILES string of the molecule is COc1ccccc1C(Cl)Cc1ccc(C)cn1. The molecule has 0 bridgehead atoms. The summed E-state index contributed by atoms with van der Waals surface area (Å²) in [7, 11) is 1.66. The van der Waals surface area contributed by atoms with Gasteiger partial charge in [-0.2, -0.15) is 0 Å².